The number of hydrogen-bond acceptors (Lipinski definition) is 0. The minimum absolute atomic E-state index is 0. The number of benzene rings is 2. The van der Waals surface area contributed by atoms with Crippen LogP contribution in [0.1, 0.15) is 42.5 Å². The Labute approximate surface area is 175 Å². The van der Waals surface area contributed by atoms with Crippen LogP contribution in [-0.4, -0.2) is 3.81 Å². The van der Waals surface area contributed by atoms with Crippen molar-refractivity contribution in [1.82, 2.24) is 0 Å². The molecule has 0 nitrogen and oxygen atoms in total. The van der Waals surface area contributed by atoms with Crippen LogP contribution in [0.4, 0.5) is 0 Å². The first kappa shape index (κ1) is 21.4. The Hall–Kier alpha value is -0.916. The summed E-state index contributed by atoms with van der Waals surface area (Å²) < 4.78 is 5.11. The van der Waals surface area contributed by atoms with Gasteiger partial charge in [-0.05, 0) is 0 Å². The molecular formula is C23H24Cl2Ti. The predicted molar refractivity (Wildman–Crippen MR) is 102 cm³/mol. The zero-order chi connectivity index (χ0) is 16.8. The Balaban J connectivity index is 0.00000121. The number of fused-ring (bicyclic) bond motifs is 3. The summed E-state index contributed by atoms with van der Waals surface area (Å²) in [5.41, 5.74) is 9.10. The molecule has 2 aliphatic carbocycles. The van der Waals surface area contributed by atoms with Crippen molar-refractivity contribution in [3.63, 3.8) is 0 Å². The molecule has 0 saturated heterocycles. The van der Waals surface area contributed by atoms with Gasteiger partial charge in [0.2, 0.25) is 0 Å². The van der Waals surface area contributed by atoms with Gasteiger partial charge in [0.25, 0.3) is 0 Å². The summed E-state index contributed by atoms with van der Waals surface area (Å²) in [5, 5.41) is 0. The third-order valence-corrected chi connectivity index (χ3v) is 10.5. The van der Waals surface area contributed by atoms with Gasteiger partial charge < -0.3 is 24.8 Å². The van der Waals surface area contributed by atoms with Crippen LogP contribution < -0.4 is 28.7 Å². The van der Waals surface area contributed by atoms with Gasteiger partial charge in [0.05, 0.1) is 0 Å². The minimum Gasteiger partial charge on any atom is -1.00 e. The molecule has 0 atom stereocenters. The summed E-state index contributed by atoms with van der Waals surface area (Å²) in [7, 11) is 0. The minimum atomic E-state index is -1.58. The van der Waals surface area contributed by atoms with Crippen LogP contribution >= 0.6 is 0 Å². The van der Waals surface area contributed by atoms with E-state index in [9.17, 15) is 0 Å². The molecule has 2 aromatic carbocycles. The average Bonchev–Trinajstić information content (AvgIpc) is 3.19. The van der Waals surface area contributed by atoms with Gasteiger partial charge in [0.1, 0.15) is 0 Å². The van der Waals surface area contributed by atoms with Gasteiger partial charge in [-0.1, -0.05) is 0 Å². The van der Waals surface area contributed by atoms with E-state index in [1.54, 1.807) is 22.7 Å². The van der Waals surface area contributed by atoms with E-state index in [2.05, 4.69) is 76.3 Å². The molecule has 0 aliphatic heterocycles. The smallest absolute Gasteiger partial charge is 1.00 e. The fraction of sp³-hybridized carbons (Fsp3) is 0.261. The summed E-state index contributed by atoms with van der Waals surface area (Å²) in [6.45, 7) is 9.38. The first-order valence-electron chi connectivity index (χ1n) is 8.83. The average molecular weight is 419 g/mol. The number of hydrogen-bond donors (Lipinski definition) is 0. The Morgan fingerprint density at radius 1 is 1.00 bits per heavy atom. The molecule has 0 bridgehead atoms. The molecule has 0 N–H and O–H groups in total. The van der Waals surface area contributed by atoms with E-state index < -0.39 is 17.4 Å². The Morgan fingerprint density at radius 2 is 1.73 bits per heavy atom. The van der Waals surface area contributed by atoms with Crippen molar-refractivity contribution in [2.75, 3.05) is 0 Å². The Kier molecular flexibility index (Phi) is 6.91. The van der Waals surface area contributed by atoms with Crippen LogP contribution in [0.15, 0.2) is 52.4 Å². The van der Waals surface area contributed by atoms with E-state index in [4.69, 9.17) is 0 Å². The molecule has 0 amide bonds. The standard InChI is InChI=1S/C15H13.C5H5.C3H6.2ClH.Ti/c1-10-7-13-9-12-5-3-4-6-14(12)15(13)8-11(10)2;1-2-4-5-3-1;1-3-2;;;/h3-6,8H,9H2,1-2H3;1-3H,4H2;1-2H3;2*1H;/q;;;;;+2/p-2. The van der Waals surface area contributed by atoms with Crippen LogP contribution in [0.5, 0.6) is 0 Å². The van der Waals surface area contributed by atoms with Crippen molar-refractivity contribution < 1.29 is 42.2 Å². The first-order chi connectivity index (χ1) is 11.6. The van der Waals surface area contributed by atoms with Crippen LogP contribution in [0.25, 0.3) is 11.1 Å². The van der Waals surface area contributed by atoms with Crippen LogP contribution in [0.3, 0.4) is 0 Å². The van der Waals surface area contributed by atoms with Gasteiger partial charge in [0, 0.05) is 0 Å². The fourth-order valence-electron chi connectivity index (χ4n) is 4.22. The SMILES string of the molecule is C[C](C)=[Ti+2]([C]1=CC=CC1)[c]1c(C)c(C)cc2c1Cc1ccccc1-2.[Cl-].[Cl-]. The van der Waals surface area contributed by atoms with Gasteiger partial charge in [-0.3, -0.25) is 0 Å². The molecule has 0 aromatic heterocycles. The zero-order valence-electron chi connectivity index (χ0n) is 15.8. The van der Waals surface area contributed by atoms with Gasteiger partial charge in [-0.15, -0.1) is 0 Å². The van der Waals surface area contributed by atoms with Gasteiger partial charge >= 0.3 is 151 Å². The molecule has 0 spiro atoms. The van der Waals surface area contributed by atoms with E-state index >= 15 is 0 Å². The molecule has 2 aliphatic rings. The second-order valence-corrected chi connectivity index (χ2v) is 11.8. The maximum Gasteiger partial charge on any atom is -1.00 e. The van der Waals surface area contributed by atoms with Crippen molar-refractivity contribution in [2.45, 2.75) is 40.5 Å². The topological polar surface area (TPSA) is 0 Å². The zero-order valence-corrected chi connectivity index (χ0v) is 18.9. The van der Waals surface area contributed by atoms with Gasteiger partial charge in [-0.25, -0.2) is 0 Å². The molecule has 0 unspecified atom stereocenters. The molecular weight excluding hydrogens is 395 g/mol. The molecule has 0 fully saturated rings. The van der Waals surface area contributed by atoms with Crippen LogP contribution in [0.2, 0.25) is 0 Å². The van der Waals surface area contributed by atoms with E-state index in [0.29, 0.717) is 0 Å². The molecule has 26 heavy (non-hydrogen) atoms. The predicted octanol–water partition coefficient (Wildman–Crippen LogP) is -0.818. The molecule has 2 aromatic rings. The second kappa shape index (κ2) is 8.40. The number of halogens is 2. The second-order valence-electron chi connectivity index (χ2n) is 7.25. The summed E-state index contributed by atoms with van der Waals surface area (Å²) in [4.78, 5) is 0. The maximum atomic E-state index is 2.43. The van der Waals surface area contributed by atoms with Gasteiger partial charge in [0.15, 0.2) is 0 Å². The van der Waals surface area contributed by atoms with Crippen molar-refractivity contribution in [3.05, 3.63) is 74.7 Å². The fourth-order valence-corrected chi connectivity index (χ4v) is 9.14. The number of allylic oxidation sites excluding steroid dienone is 4. The van der Waals surface area contributed by atoms with E-state index in [1.807, 2.05) is 0 Å². The monoisotopic (exact) mass is 418 g/mol. The molecule has 134 valence electrons. The summed E-state index contributed by atoms with van der Waals surface area (Å²) in [5.74, 6) is 0. The van der Waals surface area contributed by atoms with Crippen molar-refractivity contribution in [2.24, 2.45) is 0 Å². The van der Waals surface area contributed by atoms with Crippen molar-refractivity contribution in [1.29, 1.82) is 0 Å². The quantitative estimate of drug-likeness (QED) is 0.477. The molecule has 3 heteroatoms. The largest absolute Gasteiger partial charge is 1.00 e. The Morgan fingerprint density at radius 3 is 2.38 bits per heavy atom. The maximum absolute atomic E-state index is 2.43. The van der Waals surface area contributed by atoms with Crippen LogP contribution in [-0.2, 0) is 23.8 Å². The van der Waals surface area contributed by atoms with Crippen molar-refractivity contribution in [3.8, 4) is 11.1 Å². The molecule has 4 rings (SSSR count). The summed E-state index contributed by atoms with van der Waals surface area (Å²) in [6.07, 6.45) is 9.26. The van der Waals surface area contributed by atoms with E-state index in [-0.39, 0.29) is 24.8 Å². The van der Waals surface area contributed by atoms with Crippen LogP contribution in [0, 0.1) is 13.8 Å². The van der Waals surface area contributed by atoms with Crippen molar-refractivity contribution >= 4 is 7.68 Å². The molecule has 0 radical (unpaired) electrons. The molecule has 0 saturated carbocycles. The van der Waals surface area contributed by atoms with E-state index in [1.165, 1.54) is 22.3 Å². The normalized spacial score (nSPS) is 13.0. The van der Waals surface area contributed by atoms with Gasteiger partial charge in [-0.2, -0.15) is 0 Å². The summed E-state index contributed by atoms with van der Waals surface area (Å²) in [6, 6.07) is 11.4. The molecule has 0 heterocycles. The third-order valence-electron chi connectivity index (χ3n) is 5.47. The Bertz CT molecular complexity index is 945. The number of aryl methyl sites for hydroxylation is 1. The third kappa shape index (κ3) is 3.46. The number of rotatable bonds is 2. The van der Waals surface area contributed by atoms with E-state index in [0.717, 1.165) is 12.8 Å². The summed E-state index contributed by atoms with van der Waals surface area (Å²) >= 11 is -1.58. The first-order valence-corrected chi connectivity index (χ1v) is 11.2.